The summed E-state index contributed by atoms with van der Waals surface area (Å²) in [4.78, 5) is 24.5. The van der Waals surface area contributed by atoms with Crippen molar-refractivity contribution < 1.29 is 22.7 Å². The fraction of sp³-hybridized carbons (Fsp3) is 0.364. The van der Waals surface area contributed by atoms with Crippen LogP contribution in [0.3, 0.4) is 0 Å². The van der Waals surface area contributed by atoms with E-state index < -0.39 is 15.9 Å². The van der Waals surface area contributed by atoms with Crippen molar-refractivity contribution in [1.82, 2.24) is 4.31 Å². The van der Waals surface area contributed by atoms with Gasteiger partial charge in [0.05, 0.1) is 16.5 Å². The number of benzene rings is 2. The number of piperidine rings is 1. The van der Waals surface area contributed by atoms with Crippen molar-refractivity contribution >= 4 is 33.2 Å². The molecule has 0 saturated carbocycles. The summed E-state index contributed by atoms with van der Waals surface area (Å²) in [7, 11) is -3.82. The number of ether oxygens (including phenoxy) is 1. The van der Waals surface area contributed by atoms with Crippen LogP contribution in [0.15, 0.2) is 47.4 Å². The number of hydrogen-bond donors (Lipinski definition) is 2. The quantitative estimate of drug-likeness (QED) is 0.739. The second-order valence-electron chi connectivity index (χ2n) is 7.70. The maximum atomic E-state index is 13.2. The number of carbonyl (C=O) groups is 2. The molecule has 2 aromatic carbocycles. The van der Waals surface area contributed by atoms with Crippen molar-refractivity contribution in [3.05, 3.63) is 48.0 Å². The maximum absolute atomic E-state index is 13.2. The predicted octanol–water partition coefficient (Wildman–Crippen LogP) is 2.62. The van der Waals surface area contributed by atoms with E-state index in [1.165, 1.54) is 22.5 Å². The minimum absolute atomic E-state index is 0.0643. The lowest BCUT2D eigenvalue weighted by Gasteiger charge is -2.31. The molecular weight excluding hydrogens is 418 g/mol. The van der Waals surface area contributed by atoms with Gasteiger partial charge in [0.25, 0.3) is 5.91 Å². The van der Waals surface area contributed by atoms with Gasteiger partial charge in [-0.05, 0) is 49.1 Å². The highest BCUT2D eigenvalue weighted by Gasteiger charge is 2.34. The fourth-order valence-electron chi connectivity index (χ4n) is 3.93. The smallest absolute Gasteiger partial charge is 0.262 e. The number of para-hydroxylation sites is 1. The zero-order valence-corrected chi connectivity index (χ0v) is 18.1. The van der Waals surface area contributed by atoms with Gasteiger partial charge in [0.2, 0.25) is 15.9 Å². The summed E-state index contributed by atoms with van der Waals surface area (Å²) < 4.78 is 33.1. The Hall–Kier alpha value is -2.91. The highest BCUT2D eigenvalue weighted by atomic mass is 32.2. The molecule has 0 spiro atoms. The molecule has 2 aliphatic rings. The normalized spacial score (nSPS) is 19.1. The van der Waals surface area contributed by atoms with Gasteiger partial charge in [-0.2, -0.15) is 4.31 Å². The zero-order chi connectivity index (χ0) is 22.0. The number of anilines is 2. The third kappa shape index (κ3) is 4.42. The Balaban J connectivity index is 1.50. The summed E-state index contributed by atoms with van der Waals surface area (Å²) in [6, 6.07) is 12.0. The minimum Gasteiger partial charge on any atom is -0.482 e. The molecule has 164 valence electrons. The molecule has 1 atom stereocenters. The van der Waals surface area contributed by atoms with Gasteiger partial charge in [0.1, 0.15) is 5.75 Å². The van der Waals surface area contributed by atoms with Crippen LogP contribution in [0, 0.1) is 5.92 Å². The van der Waals surface area contributed by atoms with Crippen molar-refractivity contribution in [2.24, 2.45) is 5.92 Å². The number of rotatable bonds is 5. The second kappa shape index (κ2) is 8.68. The van der Waals surface area contributed by atoms with Gasteiger partial charge >= 0.3 is 0 Å². The summed E-state index contributed by atoms with van der Waals surface area (Å²) in [6.45, 7) is 2.38. The number of nitrogens with one attached hydrogen (secondary N) is 2. The molecule has 2 heterocycles. The van der Waals surface area contributed by atoms with E-state index in [2.05, 4.69) is 10.6 Å². The lowest BCUT2D eigenvalue weighted by Crippen LogP contribution is -2.43. The molecule has 2 amide bonds. The number of aryl methyl sites for hydroxylation is 1. The maximum Gasteiger partial charge on any atom is 0.262 e. The van der Waals surface area contributed by atoms with E-state index in [0.717, 1.165) is 17.7 Å². The van der Waals surface area contributed by atoms with Crippen LogP contribution in [-0.2, 0) is 26.0 Å². The fourth-order valence-corrected chi connectivity index (χ4v) is 5.48. The van der Waals surface area contributed by atoms with Gasteiger partial charge in [-0.3, -0.25) is 9.59 Å². The highest BCUT2D eigenvalue weighted by Crippen LogP contribution is 2.32. The standard InChI is InChI=1S/C22H25N3O5S/c1-2-15-6-3-4-8-18(15)24-22(27)16-7-5-11-25(13-16)31(28,29)17-9-10-20-19(12-17)23-21(26)14-30-20/h3-4,6,8-10,12,16H,2,5,7,11,13-14H2,1H3,(H,23,26)(H,24,27). The van der Waals surface area contributed by atoms with E-state index in [0.29, 0.717) is 30.8 Å². The predicted molar refractivity (Wildman–Crippen MR) is 116 cm³/mol. The molecule has 2 N–H and O–H groups in total. The molecule has 2 aliphatic heterocycles. The molecule has 9 heteroatoms. The van der Waals surface area contributed by atoms with Crippen molar-refractivity contribution in [3.8, 4) is 5.75 Å². The van der Waals surface area contributed by atoms with Gasteiger partial charge in [0.15, 0.2) is 6.61 Å². The lowest BCUT2D eigenvalue weighted by molar-refractivity contribution is -0.121. The molecule has 1 fully saturated rings. The summed E-state index contributed by atoms with van der Waals surface area (Å²) in [5.74, 6) is -0.505. The van der Waals surface area contributed by atoms with E-state index in [4.69, 9.17) is 4.74 Å². The monoisotopic (exact) mass is 443 g/mol. The third-order valence-corrected chi connectivity index (χ3v) is 7.49. The number of carbonyl (C=O) groups excluding carboxylic acids is 2. The molecule has 31 heavy (non-hydrogen) atoms. The first-order valence-electron chi connectivity index (χ1n) is 10.3. The van der Waals surface area contributed by atoms with Crippen molar-refractivity contribution in [2.75, 3.05) is 30.3 Å². The topological polar surface area (TPSA) is 105 Å². The van der Waals surface area contributed by atoms with Gasteiger partial charge < -0.3 is 15.4 Å². The van der Waals surface area contributed by atoms with Crippen LogP contribution >= 0.6 is 0 Å². The lowest BCUT2D eigenvalue weighted by atomic mass is 9.98. The largest absolute Gasteiger partial charge is 0.482 e. The van der Waals surface area contributed by atoms with Crippen molar-refractivity contribution in [1.29, 1.82) is 0 Å². The molecule has 8 nitrogen and oxygen atoms in total. The Bertz CT molecular complexity index is 1120. The first kappa shape index (κ1) is 21.3. The van der Waals surface area contributed by atoms with Crippen LogP contribution in [0.25, 0.3) is 0 Å². The number of amides is 2. The third-order valence-electron chi connectivity index (χ3n) is 5.63. The van der Waals surface area contributed by atoms with Crippen LogP contribution in [0.2, 0.25) is 0 Å². The second-order valence-corrected chi connectivity index (χ2v) is 9.63. The summed E-state index contributed by atoms with van der Waals surface area (Å²) in [5, 5.41) is 5.59. The molecule has 0 bridgehead atoms. The first-order chi connectivity index (χ1) is 14.9. The van der Waals surface area contributed by atoms with Crippen LogP contribution in [0.1, 0.15) is 25.3 Å². The Morgan fingerprint density at radius 2 is 2.06 bits per heavy atom. The van der Waals surface area contributed by atoms with Crippen LogP contribution < -0.4 is 15.4 Å². The highest BCUT2D eigenvalue weighted by molar-refractivity contribution is 7.89. The average Bonchev–Trinajstić information content (AvgIpc) is 2.79. The Morgan fingerprint density at radius 3 is 2.87 bits per heavy atom. The van der Waals surface area contributed by atoms with E-state index in [1.54, 1.807) is 0 Å². The number of nitrogens with zero attached hydrogens (tertiary/aromatic N) is 1. The Labute approximate surface area is 181 Å². The van der Waals surface area contributed by atoms with E-state index in [-0.39, 0.29) is 29.9 Å². The van der Waals surface area contributed by atoms with Crippen LogP contribution in [-0.4, -0.2) is 44.2 Å². The molecule has 1 unspecified atom stereocenters. The molecule has 0 aromatic heterocycles. The minimum atomic E-state index is -3.82. The molecule has 1 saturated heterocycles. The van der Waals surface area contributed by atoms with Crippen LogP contribution in [0.4, 0.5) is 11.4 Å². The van der Waals surface area contributed by atoms with Gasteiger partial charge in [0, 0.05) is 18.8 Å². The molecule has 4 rings (SSSR count). The van der Waals surface area contributed by atoms with E-state index >= 15 is 0 Å². The van der Waals surface area contributed by atoms with Crippen molar-refractivity contribution in [2.45, 2.75) is 31.1 Å². The SMILES string of the molecule is CCc1ccccc1NC(=O)C1CCCN(S(=O)(=O)c2ccc3c(c2)NC(=O)CO3)C1. The molecule has 0 aliphatic carbocycles. The number of fused-ring (bicyclic) bond motifs is 1. The summed E-state index contributed by atoms with van der Waals surface area (Å²) in [5.41, 5.74) is 2.13. The Morgan fingerprint density at radius 1 is 1.26 bits per heavy atom. The number of hydrogen-bond acceptors (Lipinski definition) is 5. The van der Waals surface area contributed by atoms with Gasteiger partial charge in [-0.1, -0.05) is 25.1 Å². The van der Waals surface area contributed by atoms with E-state index in [9.17, 15) is 18.0 Å². The Kier molecular flexibility index (Phi) is 5.97. The molecule has 0 radical (unpaired) electrons. The van der Waals surface area contributed by atoms with Crippen molar-refractivity contribution in [3.63, 3.8) is 0 Å². The zero-order valence-electron chi connectivity index (χ0n) is 17.3. The first-order valence-corrected chi connectivity index (χ1v) is 11.8. The summed E-state index contributed by atoms with van der Waals surface area (Å²) in [6.07, 6.45) is 2.01. The van der Waals surface area contributed by atoms with E-state index in [1.807, 2.05) is 31.2 Å². The summed E-state index contributed by atoms with van der Waals surface area (Å²) >= 11 is 0. The van der Waals surface area contributed by atoms with Gasteiger partial charge in [-0.25, -0.2) is 8.42 Å². The van der Waals surface area contributed by atoms with Gasteiger partial charge in [-0.15, -0.1) is 0 Å². The number of sulfonamides is 1. The van der Waals surface area contributed by atoms with Crippen LogP contribution in [0.5, 0.6) is 5.75 Å². The average molecular weight is 444 g/mol. The molecule has 2 aromatic rings. The molecular formula is C22H25N3O5S.